The van der Waals surface area contributed by atoms with Gasteiger partial charge in [0.05, 0.1) is 5.54 Å². The SMILES string of the molecule is Cn1nc(C2CC2)nc1C(C)(C)N. The number of aromatic nitrogens is 3. The van der Waals surface area contributed by atoms with Gasteiger partial charge < -0.3 is 5.73 Å². The Kier molecular flexibility index (Phi) is 1.70. The number of rotatable bonds is 2. The van der Waals surface area contributed by atoms with Crippen molar-refractivity contribution < 1.29 is 0 Å². The van der Waals surface area contributed by atoms with Crippen LogP contribution in [0.25, 0.3) is 0 Å². The predicted molar refractivity (Wildman–Crippen MR) is 50.2 cm³/mol. The average molecular weight is 180 g/mol. The molecule has 1 fully saturated rings. The van der Waals surface area contributed by atoms with E-state index in [0.29, 0.717) is 5.92 Å². The fourth-order valence-electron chi connectivity index (χ4n) is 1.48. The molecule has 4 heteroatoms. The molecule has 1 aromatic heterocycles. The van der Waals surface area contributed by atoms with E-state index in [9.17, 15) is 0 Å². The minimum absolute atomic E-state index is 0.394. The molecule has 1 aliphatic rings. The molecule has 1 aliphatic carbocycles. The number of hydrogen-bond acceptors (Lipinski definition) is 3. The zero-order chi connectivity index (χ0) is 9.64. The zero-order valence-corrected chi connectivity index (χ0v) is 8.41. The lowest BCUT2D eigenvalue weighted by molar-refractivity contribution is 0.481. The largest absolute Gasteiger partial charge is 0.319 e. The Bertz CT molecular complexity index is 317. The molecule has 13 heavy (non-hydrogen) atoms. The maximum atomic E-state index is 5.97. The third-order valence-corrected chi connectivity index (χ3v) is 2.30. The van der Waals surface area contributed by atoms with E-state index in [1.54, 1.807) is 4.68 Å². The molecule has 0 spiro atoms. The molecule has 0 aromatic carbocycles. The van der Waals surface area contributed by atoms with E-state index in [-0.39, 0.29) is 0 Å². The van der Waals surface area contributed by atoms with Gasteiger partial charge in [-0.2, -0.15) is 5.10 Å². The van der Waals surface area contributed by atoms with Gasteiger partial charge in [0, 0.05) is 13.0 Å². The maximum Gasteiger partial charge on any atom is 0.154 e. The second-order valence-corrected chi connectivity index (χ2v) is 4.41. The van der Waals surface area contributed by atoms with Crippen LogP contribution in [-0.4, -0.2) is 14.8 Å². The van der Waals surface area contributed by atoms with Crippen molar-refractivity contribution in [2.45, 2.75) is 38.1 Å². The lowest BCUT2D eigenvalue weighted by Crippen LogP contribution is -2.32. The van der Waals surface area contributed by atoms with E-state index in [0.717, 1.165) is 11.6 Å². The van der Waals surface area contributed by atoms with Gasteiger partial charge in [0.15, 0.2) is 5.82 Å². The van der Waals surface area contributed by atoms with Gasteiger partial charge in [-0.05, 0) is 26.7 Å². The van der Waals surface area contributed by atoms with Crippen LogP contribution in [0, 0.1) is 0 Å². The second-order valence-electron chi connectivity index (χ2n) is 4.41. The van der Waals surface area contributed by atoms with Gasteiger partial charge in [-0.1, -0.05) is 0 Å². The minimum Gasteiger partial charge on any atom is -0.319 e. The predicted octanol–water partition coefficient (Wildman–Crippen LogP) is 0.886. The standard InChI is InChI=1S/C9H16N4/c1-9(2,10)8-11-7(6-4-5-6)12-13(8)3/h6H,4-5,10H2,1-3H3. The summed E-state index contributed by atoms with van der Waals surface area (Å²) in [5.41, 5.74) is 5.57. The van der Waals surface area contributed by atoms with Gasteiger partial charge in [-0.3, -0.25) is 4.68 Å². The summed E-state index contributed by atoms with van der Waals surface area (Å²) in [6.07, 6.45) is 2.46. The van der Waals surface area contributed by atoms with E-state index in [1.165, 1.54) is 12.8 Å². The van der Waals surface area contributed by atoms with Crippen LogP contribution in [0.15, 0.2) is 0 Å². The van der Waals surface area contributed by atoms with Gasteiger partial charge in [0.25, 0.3) is 0 Å². The summed E-state index contributed by atoms with van der Waals surface area (Å²) in [5.74, 6) is 2.44. The summed E-state index contributed by atoms with van der Waals surface area (Å²) in [6, 6.07) is 0. The lowest BCUT2D eigenvalue weighted by Gasteiger charge is -2.16. The Balaban J connectivity index is 2.35. The van der Waals surface area contributed by atoms with Crippen LogP contribution in [0.1, 0.15) is 44.3 Å². The quantitative estimate of drug-likeness (QED) is 0.735. The first-order valence-electron chi connectivity index (χ1n) is 4.69. The highest BCUT2D eigenvalue weighted by Crippen LogP contribution is 2.38. The molecule has 1 aromatic rings. The van der Waals surface area contributed by atoms with Crippen LogP contribution in [-0.2, 0) is 12.6 Å². The average Bonchev–Trinajstić information content (AvgIpc) is 2.73. The molecule has 0 saturated heterocycles. The first-order chi connectivity index (χ1) is 5.98. The van der Waals surface area contributed by atoms with Crippen LogP contribution in [0.2, 0.25) is 0 Å². The molecular formula is C9H16N4. The summed E-state index contributed by atoms with van der Waals surface area (Å²) in [4.78, 5) is 4.47. The molecule has 2 rings (SSSR count). The van der Waals surface area contributed by atoms with Crippen LogP contribution in [0.3, 0.4) is 0 Å². The Morgan fingerprint density at radius 3 is 2.46 bits per heavy atom. The maximum absolute atomic E-state index is 5.97. The fraction of sp³-hybridized carbons (Fsp3) is 0.778. The van der Waals surface area contributed by atoms with Crippen LogP contribution < -0.4 is 5.73 Å². The third-order valence-electron chi connectivity index (χ3n) is 2.30. The summed E-state index contributed by atoms with van der Waals surface area (Å²) in [7, 11) is 1.91. The highest BCUT2D eigenvalue weighted by atomic mass is 15.3. The normalized spacial score (nSPS) is 17.8. The number of nitrogens with zero attached hydrogens (tertiary/aromatic N) is 3. The fourth-order valence-corrected chi connectivity index (χ4v) is 1.48. The molecule has 0 unspecified atom stereocenters. The second kappa shape index (κ2) is 2.54. The summed E-state index contributed by atoms with van der Waals surface area (Å²) in [5, 5.41) is 4.36. The van der Waals surface area contributed by atoms with Crippen molar-refractivity contribution >= 4 is 0 Å². The minimum atomic E-state index is -0.394. The Hall–Kier alpha value is -0.900. The number of hydrogen-bond donors (Lipinski definition) is 1. The highest BCUT2D eigenvalue weighted by molar-refractivity contribution is 5.10. The van der Waals surface area contributed by atoms with Crippen molar-refractivity contribution in [3.05, 3.63) is 11.6 Å². The van der Waals surface area contributed by atoms with Crippen LogP contribution in [0.4, 0.5) is 0 Å². The van der Waals surface area contributed by atoms with Crippen molar-refractivity contribution in [3.8, 4) is 0 Å². The summed E-state index contributed by atoms with van der Waals surface area (Å²) < 4.78 is 1.80. The molecule has 2 N–H and O–H groups in total. The van der Waals surface area contributed by atoms with Crippen molar-refractivity contribution in [2.75, 3.05) is 0 Å². The summed E-state index contributed by atoms with van der Waals surface area (Å²) in [6.45, 7) is 3.90. The smallest absolute Gasteiger partial charge is 0.154 e. The summed E-state index contributed by atoms with van der Waals surface area (Å²) >= 11 is 0. The molecule has 0 radical (unpaired) electrons. The van der Waals surface area contributed by atoms with Crippen LogP contribution in [0.5, 0.6) is 0 Å². The topological polar surface area (TPSA) is 56.7 Å². The molecule has 0 atom stereocenters. The lowest BCUT2D eigenvalue weighted by atomic mass is 10.1. The molecule has 1 heterocycles. The number of aryl methyl sites for hydroxylation is 1. The van der Waals surface area contributed by atoms with Crippen LogP contribution >= 0.6 is 0 Å². The van der Waals surface area contributed by atoms with E-state index in [1.807, 2.05) is 20.9 Å². The van der Waals surface area contributed by atoms with Gasteiger partial charge in [-0.15, -0.1) is 0 Å². The van der Waals surface area contributed by atoms with E-state index in [4.69, 9.17) is 5.73 Å². The molecule has 0 bridgehead atoms. The van der Waals surface area contributed by atoms with E-state index < -0.39 is 5.54 Å². The van der Waals surface area contributed by atoms with Gasteiger partial charge in [0.1, 0.15) is 5.82 Å². The third kappa shape index (κ3) is 1.58. The molecule has 4 nitrogen and oxygen atoms in total. The zero-order valence-electron chi connectivity index (χ0n) is 8.41. The molecule has 1 saturated carbocycles. The van der Waals surface area contributed by atoms with Crippen molar-refractivity contribution in [1.82, 2.24) is 14.8 Å². The van der Waals surface area contributed by atoms with Gasteiger partial charge in [0.2, 0.25) is 0 Å². The molecule has 72 valence electrons. The Labute approximate surface area is 78.1 Å². The monoisotopic (exact) mass is 180 g/mol. The van der Waals surface area contributed by atoms with Gasteiger partial charge >= 0.3 is 0 Å². The van der Waals surface area contributed by atoms with Crippen molar-refractivity contribution in [3.63, 3.8) is 0 Å². The highest BCUT2D eigenvalue weighted by Gasteiger charge is 2.30. The van der Waals surface area contributed by atoms with E-state index >= 15 is 0 Å². The molecule has 0 aliphatic heterocycles. The molecular weight excluding hydrogens is 164 g/mol. The molecule has 0 amide bonds. The van der Waals surface area contributed by atoms with Crippen molar-refractivity contribution in [1.29, 1.82) is 0 Å². The first-order valence-corrected chi connectivity index (χ1v) is 4.69. The Morgan fingerprint density at radius 2 is 2.08 bits per heavy atom. The number of nitrogens with two attached hydrogens (primary N) is 1. The first kappa shape index (κ1) is 8.69. The van der Waals surface area contributed by atoms with Gasteiger partial charge in [-0.25, -0.2) is 4.98 Å². The Morgan fingerprint density at radius 1 is 1.46 bits per heavy atom. The van der Waals surface area contributed by atoms with Crippen molar-refractivity contribution in [2.24, 2.45) is 12.8 Å². The van der Waals surface area contributed by atoms with E-state index in [2.05, 4.69) is 10.1 Å².